The van der Waals surface area contributed by atoms with Gasteiger partial charge in [-0.2, -0.15) is 4.31 Å². The summed E-state index contributed by atoms with van der Waals surface area (Å²) in [5.41, 5.74) is 0.454. The van der Waals surface area contributed by atoms with Crippen molar-refractivity contribution in [1.82, 2.24) is 24.2 Å². The number of carbonyl (C=O) groups is 2. The number of hydrogen-bond acceptors (Lipinski definition) is 6. The second-order valence-corrected chi connectivity index (χ2v) is 10.3. The lowest BCUT2D eigenvalue weighted by Gasteiger charge is -2.34. The van der Waals surface area contributed by atoms with Gasteiger partial charge in [0.1, 0.15) is 5.82 Å². The van der Waals surface area contributed by atoms with Crippen molar-refractivity contribution in [2.24, 2.45) is 0 Å². The van der Waals surface area contributed by atoms with Gasteiger partial charge in [-0.25, -0.2) is 18.2 Å². The maximum atomic E-state index is 12.8. The number of H-pyrrole nitrogens is 2. The van der Waals surface area contributed by atoms with Crippen LogP contribution >= 0.6 is 15.9 Å². The van der Waals surface area contributed by atoms with Crippen LogP contribution in [0.15, 0.2) is 50.6 Å². The number of sulfonamides is 1. The fourth-order valence-electron chi connectivity index (χ4n) is 3.50. The molecule has 0 radical (unpaired) electrons. The predicted molar refractivity (Wildman–Crippen MR) is 124 cm³/mol. The van der Waals surface area contributed by atoms with E-state index in [1.165, 1.54) is 16.4 Å². The topological polar surface area (TPSA) is 148 Å². The van der Waals surface area contributed by atoms with Gasteiger partial charge in [-0.05, 0) is 36.4 Å². The molecule has 4 rings (SSSR count). The molecule has 1 fully saturated rings. The van der Waals surface area contributed by atoms with Gasteiger partial charge >= 0.3 is 5.69 Å². The number of nitrogens with zero attached hydrogens (tertiary/aromatic N) is 3. The lowest BCUT2D eigenvalue weighted by molar-refractivity contribution is -0.133. The molecule has 1 aliphatic rings. The Morgan fingerprint density at radius 3 is 2.39 bits per heavy atom. The summed E-state index contributed by atoms with van der Waals surface area (Å²) in [4.78, 5) is 47.0. The Kier molecular flexibility index (Phi) is 6.63. The minimum absolute atomic E-state index is 0.00543. The number of pyridine rings is 1. The van der Waals surface area contributed by atoms with Crippen molar-refractivity contribution in [1.29, 1.82) is 0 Å². The van der Waals surface area contributed by atoms with Crippen molar-refractivity contribution < 1.29 is 18.0 Å². The van der Waals surface area contributed by atoms with Crippen molar-refractivity contribution in [3.63, 3.8) is 0 Å². The number of piperazine rings is 1. The number of anilines is 1. The predicted octanol–water partition coefficient (Wildman–Crippen LogP) is 1.27. The van der Waals surface area contributed by atoms with Gasteiger partial charge in [0, 0.05) is 43.5 Å². The number of benzene rings is 1. The number of imidazole rings is 1. The van der Waals surface area contributed by atoms with E-state index in [0.29, 0.717) is 11.2 Å². The van der Waals surface area contributed by atoms with Crippen molar-refractivity contribution in [2.75, 3.05) is 31.5 Å². The van der Waals surface area contributed by atoms with Gasteiger partial charge in [-0.3, -0.25) is 14.6 Å². The Labute approximate surface area is 197 Å². The number of aromatic amines is 2. The first-order valence-corrected chi connectivity index (χ1v) is 12.4. The first-order valence-electron chi connectivity index (χ1n) is 10.1. The van der Waals surface area contributed by atoms with E-state index < -0.39 is 15.7 Å². The van der Waals surface area contributed by atoms with Gasteiger partial charge in [0.15, 0.2) is 5.65 Å². The molecule has 13 heteroatoms. The minimum atomic E-state index is -3.62. The van der Waals surface area contributed by atoms with E-state index in [1.54, 1.807) is 29.2 Å². The summed E-state index contributed by atoms with van der Waals surface area (Å²) in [6.45, 7) is 0.898. The van der Waals surface area contributed by atoms with E-state index in [-0.39, 0.29) is 61.5 Å². The van der Waals surface area contributed by atoms with E-state index in [2.05, 4.69) is 36.2 Å². The first-order chi connectivity index (χ1) is 15.7. The quantitative estimate of drug-likeness (QED) is 0.431. The van der Waals surface area contributed by atoms with Crippen molar-refractivity contribution in [3.05, 3.63) is 51.4 Å². The summed E-state index contributed by atoms with van der Waals surface area (Å²) in [5, 5.41) is 2.60. The number of halogens is 1. The molecule has 0 aliphatic carbocycles. The number of fused-ring (bicyclic) bond motifs is 1. The van der Waals surface area contributed by atoms with Crippen LogP contribution in [0, 0.1) is 0 Å². The third-order valence-electron chi connectivity index (χ3n) is 5.25. The Bertz CT molecular complexity index is 1340. The summed E-state index contributed by atoms with van der Waals surface area (Å²) >= 11 is 3.29. The zero-order valence-electron chi connectivity index (χ0n) is 17.4. The smallest absolute Gasteiger partial charge is 0.325 e. The van der Waals surface area contributed by atoms with Gasteiger partial charge in [0.05, 0.1) is 10.4 Å². The monoisotopic (exact) mass is 536 g/mol. The molecule has 2 amide bonds. The fraction of sp³-hybridized carbons (Fsp3) is 0.300. The van der Waals surface area contributed by atoms with Crippen molar-refractivity contribution in [3.8, 4) is 0 Å². The largest absolute Gasteiger partial charge is 0.340 e. The maximum absolute atomic E-state index is 12.8. The molecule has 1 aromatic carbocycles. The molecule has 3 N–H and O–H groups in total. The second-order valence-electron chi connectivity index (χ2n) is 7.46. The number of nitrogens with one attached hydrogen (secondary N) is 3. The van der Waals surface area contributed by atoms with Gasteiger partial charge in [0.25, 0.3) is 0 Å². The first kappa shape index (κ1) is 23.1. The van der Waals surface area contributed by atoms with Gasteiger partial charge in [-0.15, -0.1) is 0 Å². The van der Waals surface area contributed by atoms with E-state index in [0.717, 1.165) is 4.47 Å². The highest BCUT2D eigenvalue weighted by Crippen LogP contribution is 2.20. The number of amides is 2. The Morgan fingerprint density at radius 1 is 1.00 bits per heavy atom. The van der Waals surface area contributed by atoms with E-state index in [4.69, 9.17) is 0 Å². The zero-order valence-corrected chi connectivity index (χ0v) is 19.8. The van der Waals surface area contributed by atoms with Crippen LogP contribution in [-0.2, 0) is 19.6 Å². The highest BCUT2D eigenvalue weighted by molar-refractivity contribution is 9.10. The van der Waals surface area contributed by atoms with Gasteiger partial charge in [-0.1, -0.05) is 15.9 Å². The molecule has 2 aromatic heterocycles. The number of aromatic nitrogens is 3. The minimum Gasteiger partial charge on any atom is -0.340 e. The van der Waals surface area contributed by atoms with Crippen LogP contribution in [-0.4, -0.2) is 70.6 Å². The molecule has 3 heterocycles. The summed E-state index contributed by atoms with van der Waals surface area (Å²) in [6.07, 6.45) is -0.0475. The van der Waals surface area contributed by atoms with E-state index >= 15 is 0 Å². The number of hydrogen-bond donors (Lipinski definition) is 3. The van der Waals surface area contributed by atoms with Crippen LogP contribution in [0.1, 0.15) is 12.8 Å². The zero-order chi connectivity index (χ0) is 23.6. The van der Waals surface area contributed by atoms with Gasteiger partial charge < -0.3 is 15.2 Å². The maximum Gasteiger partial charge on any atom is 0.325 e. The molecule has 1 saturated heterocycles. The number of carbonyl (C=O) groups excluding carboxylic acids is 2. The van der Waals surface area contributed by atoms with Gasteiger partial charge in [0.2, 0.25) is 21.8 Å². The second kappa shape index (κ2) is 9.45. The molecule has 0 unspecified atom stereocenters. The molecular weight excluding hydrogens is 516 g/mol. The third kappa shape index (κ3) is 5.31. The average Bonchev–Trinajstić information content (AvgIpc) is 3.17. The third-order valence-corrected chi connectivity index (χ3v) is 7.69. The molecule has 11 nitrogen and oxygen atoms in total. The lowest BCUT2D eigenvalue weighted by Crippen LogP contribution is -2.50. The van der Waals surface area contributed by atoms with Crippen molar-refractivity contribution in [2.45, 2.75) is 17.7 Å². The Hall–Kier alpha value is -3.03. The standard InChI is InChI=1S/C20H21BrN6O5S/c21-13-1-3-14(4-2-13)33(31,32)27-11-9-26(10-12-27)18(29)8-7-17(28)23-16-6-5-15-19(24-16)25-20(30)22-15/h1-6H,7-12H2,(H3,22,23,24,25,28,30). The van der Waals surface area contributed by atoms with E-state index in [9.17, 15) is 22.8 Å². The summed E-state index contributed by atoms with van der Waals surface area (Å²) in [6, 6.07) is 9.58. The highest BCUT2D eigenvalue weighted by atomic mass is 79.9. The SMILES string of the molecule is O=C(CCC(=O)N1CCN(S(=O)(=O)c2ccc(Br)cc2)CC1)Nc1ccc2[nH]c(=O)[nH]c2n1. The lowest BCUT2D eigenvalue weighted by atomic mass is 10.2. The Balaban J connectivity index is 1.26. The number of rotatable bonds is 6. The molecule has 3 aromatic rings. The van der Waals surface area contributed by atoms with Crippen LogP contribution in [0.3, 0.4) is 0 Å². The van der Waals surface area contributed by atoms with Crippen LogP contribution in [0.4, 0.5) is 5.82 Å². The summed E-state index contributed by atoms with van der Waals surface area (Å²) in [7, 11) is -3.62. The molecular formula is C20H21BrN6O5S. The normalized spacial score (nSPS) is 15.0. The molecule has 33 heavy (non-hydrogen) atoms. The highest BCUT2D eigenvalue weighted by Gasteiger charge is 2.30. The van der Waals surface area contributed by atoms with Crippen LogP contribution in [0.2, 0.25) is 0 Å². The van der Waals surface area contributed by atoms with Crippen LogP contribution in [0.25, 0.3) is 11.2 Å². The molecule has 0 spiro atoms. The van der Waals surface area contributed by atoms with Crippen LogP contribution in [0.5, 0.6) is 0 Å². The molecule has 174 valence electrons. The van der Waals surface area contributed by atoms with E-state index in [1.807, 2.05) is 0 Å². The van der Waals surface area contributed by atoms with Crippen molar-refractivity contribution >= 4 is 54.7 Å². The van der Waals surface area contributed by atoms with Crippen LogP contribution < -0.4 is 11.0 Å². The summed E-state index contributed by atoms with van der Waals surface area (Å²) in [5.74, 6) is -0.337. The molecule has 0 saturated carbocycles. The fourth-order valence-corrected chi connectivity index (χ4v) is 5.19. The molecule has 0 atom stereocenters. The molecule has 1 aliphatic heterocycles. The summed E-state index contributed by atoms with van der Waals surface area (Å²) < 4.78 is 27.7. The Morgan fingerprint density at radius 2 is 1.70 bits per heavy atom. The molecule has 0 bridgehead atoms. The average molecular weight is 537 g/mol.